The van der Waals surface area contributed by atoms with Crippen LogP contribution in [-0.2, 0) is 6.54 Å². The largest absolute Gasteiger partial charge is 0.364 e. The van der Waals surface area contributed by atoms with Gasteiger partial charge in [0.25, 0.3) is 0 Å². The Morgan fingerprint density at radius 2 is 1.94 bits per heavy atom. The molecule has 18 heavy (non-hydrogen) atoms. The van der Waals surface area contributed by atoms with Crippen LogP contribution in [0.1, 0.15) is 5.56 Å². The third-order valence-electron chi connectivity index (χ3n) is 2.59. The molecule has 0 aliphatic rings. The van der Waals surface area contributed by atoms with E-state index < -0.39 is 0 Å². The van der Waals surface area contributed by atoms with Gasteiger partial charge in [-0.15, -0.1) is 0 Å². The third kappa shape index (κ3) is 2.12. The zero-order chi connectivity index (χ0) is 12.4. The predicted molar refractivity (Wildman–Crippen MR) is 70.5 cm³/mol. The highest BCUT2D eigenvalue weighted by molar-refractivity contribution is 6.30. The van der Waals surface area contributed by atoms with Gasteiger partial charge < -0.3 is 10.3 Å². The van der Waals surface area contributed by atoms with Gasteiger partial charge in [0, 0.05) is 11.6 Å². The molecule has 0 fully saturated rings. The summed E-state index contributed by atoms with van der Waals surface area (Å²) in [5.74, 6) is 0.719. The lowest BCUT2D eigenvalue weighted by Gasteiger charge is -2.05. The van der Waals surface area contributed by atoms with Crippen LogP contribution in [0, 0.1) is 0 Å². The van der Waals surface area contributed by atoms with E-state index in [4.69, 9.17) is 11.6 Å². The summed E-state index contributed by atoms with van der Waals surface area (Å²) < 4.78 is 0. The van der Waals surface area contributed by atoms with E-state index in [-0.39, 0.29) is 0 Å². The second kappa shape index (κ2) is 4.62. The van der Waals surface area contributed by atoms with Crippen molar-refractivity contribution in [2.24, 2.45) is 0 Å². The van der Waals surface area contributed by atoms with Gasteiger partial charge in [-0.1, -0.05) is 23.7 Å². The van der Waals surface area contributed by atoms with Crippen molar-refractivity contribution in [3.8, 4) is 0 Å². The van der Waals surface area contributed by atoms with Crippen molar-refractivity contribution in [2.45, 2.75) is 6.54 Å². The molecule has 3 aromatic rings. The summed E-state index contributed by atoms with van der Waals surface area (Å²) in [6.07, 6.45) is 3.11. The van der Waals surface area contributed by atoms with Gasteiger partial charge in [-0.3, -0.25) is 0 Å². The van der Waals surface area contributed by atoms with Gasteiger partial charge in [0.15, 0.2) is 11.5 Å². The first-order chi connectivity index (χ1) is 8.83. The molecular weight excluding hydrogens is 250 g/mol. The van der Waals surface area contributed by atoms with Gasteiger partial charge in [0.2, 0.25) is 0 Å². The number of benzene rings is 1. The van der Waals surface area contributed by atoms with Gasteiger partial charge in [-0.25, -0.2) is 15.0 Å². The first kappa shape index (κ1) is 11.0. The van der Waals surface area contributed by atoms with Crippen molar-refractivity contribution in [3.05, 3.63) is 47.5 Å². The van der Waals surface area contributed by atoms with Crippen LogP contribution in [0.5, 0.6) is 0 Å². The molecule has 2 heterocycles. The van der Waals surface area contributed by atoms with E-state index in [0.717, 1.165) is 27.6 Å². The monoisotopic (exact) mass is 259 g/mol. The number of halogens is 1. The van der Waals surface area contributed by atoms with E-state index in [1.54, 1.807) is 6.33 Å². The van der Waals surface area contributed by atoms with Crippen LogP contribution >= 0.6 is 11.6 Å². The molecule has 5 nitrogen and oxygen atoms in total. The molecule has 2 aromatic heterocycles. The minimum Gasteiger partial charge on any atom is -0.364 e. The molecule has 2 N–H and O–H groups in total. The SMILES string of the molecule is Clc1ccc(CNc2ncnc3[nH]cnc23)cc1. The van der Waals surface area contributed by atoms with E-state index in [0.29, 0.717) is 6.54 Å². The number of hydrogen-bond acceptors (Lipinski definition) is 4. The van der Waals surface area contributed by atoms with Crippen LogP contribution in [0.4, 0.5) is 5.82 Å². The number of rotatable bonds is 3. The summed E-state index contributed by atoms with van der Waals surface area (Å²) in [6.45, 7) is 0.663. The van der Waals surface area contributed by atoms with Gasteiger partial charge >= 0.3 is 0 Å². The number of imidazole rings is 1. The van der Waals surface area contributed by atoms with Crippen molar-refractivity contribution < 1.29 is 0 Å². The number of aromatic nitrogens is 4. The fraction of sp³-hybridized carbons (Fsp3) is 0.0833. The van der Waals surface area contributed by atoms with Crippen molar-refractivity contribution in [2.75, 3.05) is 5.32 Å². The number of nitrogens with zero attached hydrogens (tertiary/aromatic N) is 3. The van der Waals surface area contributed by atoms with Gasteiger partial charge in [-0.05, 0) is 17.7 Å². The number of H-pyrrole nitrogens is 1. The topological polar surface area (TPSA) is 66.5 Å². The summed E-state index contributed by atoms with van der Waals surface area (Å²) in [5, 5.41) is 3.96. The van der Waals surface area contributed by atoms with E-state index in [9.17, 15) is 0 Å². The van der Waals surface area contributed by atoms with Crippen molar-refractivity contribution in [3.63, 3.8) is 0 Å². The molecule has 0 spiro atoms. The smallest absolute Gasteiger partial charge is 0.162 e. The molecule has 0 saturated carbocycles. The Labute approximate surface area is 108 Å². The maximum Gasteiger partial charge on any atom is 0.162 e. The number of aromatic amines is 1. The fourth-order valence-corrected chi connectivity index (χ4v) is 1.81. The summed E-state index contributed by atoms with van der Waals surface area (Å²) in [4.78, 5) is 15.4. The molecule has 6 heteroatoms. The molecular formula is C12H10ClN5. The lowest BCUT2D eigenvalue weighted by molar-refractivity contribution is 1.10. The molecule has 0 atom stereocenters. The second-order valence-electron chi connectivity index (χ2n) is 3.80. The fourth-order valence-electron chi connectivity index (χ4n) is 1.68. The molecule has 0 aliphatic carbocycles. The van der Waals surface area contributed by atoms with Crippen LogP contribution < -0.4 is 5.32 Å². The average Bonchev–Trinajstić information content (AvgIpc) is 2.87. The standard InChI is InChI=1S/C12H10ClN5/c13-9-3-1-8(2-4-9)5-14-11-10-12(16-6-15-10)18-7-17-11/h1-4,6-7H,5H2,(H2,14,15,16,17,18). The summed E-state index contributed by atoms with van der Waals surface area (Å²) in [5.41, 5.74) is 2.59. The van der Waals surface area contributed by atoms with Crippen LogP contribution in [0.3, 0.4) is 0 Å². The first-order valence-corrected chi connectivity index (χ1v) is 5.83. The Morgan fingerprint density at radius 3 is 2.78 bits per heavy atom. The Morgan fingerprint density at radius 1 is 1.11 bits per heavy atom. The van der Waals surface area contributed by atoms with Crippen molar-refractivity contribution in [1.82, 2.24) is 19.9 Å². The van der Waals surface area contributed by atoms with Crippen molar-refractivity contribution >= 4 is 28.6 Å². The van der Waals surface area contributed by atoms with Crippen LogP contribution in [-0.4, -0.2) is 19.9 Å². The zero-order valence-corrected chi connectivity index (χ0v) is 10.1. The minimum absolute atomic E-state index is 0.663. The lowest BCUT2D eigenvalue weighted by Crippen LogP contribution is -2.02. The predicted octanol–water partition coefficient (Wildman–Crippen LogP) is 2.62. The van der Waals surface area contributed by atoms with E-state index in [1.807, 2.05) is 24.3 Å². The summed E-state index contributed by atoms with van der Waals surface area (Å²) in [7, 11) is 0. The highest BCUT2D eigenvalue weighted by Gasteiger charge is 2.05. The quantitative estimate of drug-likeness (QED) is 0.759. The zero-order valence-electron chi connectivity index (χ0n) is 9.39. The molecule has 0 amide bonds. The van der Waals surface area contributed by atoms with Crippen molar-refractivity contribution in [1.29, 1.82) is 0 Å². The number of anilines is 1. The number of hydrogen-bond donors (Lipinski definition) is 2. The highest BCUT2D eigenvalue weighted by Crippen LogP contribution is 2.16. The molecule has 90 valence electrons. The van der Waals surface area contributed by atoms with Crippen LogP contribution in [0.2, 0.25) is 5.02 Å². The number of nitrogens with one attached hydrogen (secondary N) is 2. The first-order valence-electron chi connectivity index (χ1n) is 5.45. The molecule has 0 saturated heterocycles. The van der Waals surface area contributed by atoms with Crippen LogP contribution in [0.25, 0.3) is 11.2 Å². The minimum atomic E-state index is 0.663. The molecule has 0 aliphatic heterocycles. The third-order valence-corrected chi connectivity index (χ3v) is 2.84. The average molecular weight is 260 g/mol. The number of fused-ring (bicyclic) bond motifs is 1. The molecule has 0 unspecified atom stereocenters. The van der Waals surface area contributed by atoms with Gasteiger partial charge in [0.05, 0.1) is 6.33 Å². The van der Waals surface area contributed by atoms with E-state index in [2.05, 4.69) is 25.3 Å². The molecule has 0 radical (unpaired) electrons. The van der Waals surface area contributed by atoms with E-state index >= 15 is 0 Å². The van der Waals surface area contributed by atoms with E-state index in [1.165, 1.54) is 6.33 Å². The molecule has 1 aromatic carbocycles. The Kier molecular flexibility index (Phi) is 2.82. The summed E-state index contributed by atoms with van der Waals surface area (Å²) in [6, 6.07) is 7.67. The molecule has 0 bridgehead atoms. The Hall–Kier alpha value is -2.14. The lowest BCUT2D eigenvalue weighted by atomic mass is 10.2. The second-order valence-corrected chi connectivity index (χ2v) is 4.24. The molecule has 3 rings (SSSR count). The summed E-state index contributed by atoms with van der Waals surface area (Å²) >= 11 is 5.84. The Balaban J connectivity index is 1.80. The maximum atomic E-state index is 5.84. The van der Waals surface area contributed by atoms with Gasteiger partial charge in [-0.2, -0.15) is 0 Å². The van der Waals surface area contributed by atoms with Crippen LogP contribution in [0.15, 0.2) is 36.9 Å². The van der Waals surface area contributed by atoms with Gasteiger partial charge in [0.1, 0.15) is 11.8 Å². The Bertz CT molecular complexity index is 662. The highest BCUT2D eigenvalue weighted by atomic mass is 35.5. The normalized spacial score (nSPS) is 10.7. The maximum absolute atomic E-state index is 5.84.